The fourth-order valence-corrected chi connectivity index (χ4v) is 2.00. The highest BCUT2D eigenvalue weighted by Crippen LogP contribution is 2.24. The Bertz CT molecular complexity index is 662. The van der Waals surface area contributed by atoms with Gasteiger partial charge in [0.25, 0.3) is 11.6 Å². The van der Waals surface area contributed by atoms with Gasteiger partial charge < -0.3 is 5.32 Å². The quantitative estimate of drug-likeness (QED) is 0.679. The number of hydrogen-bond donors (Lipinski definition) is 1. The van der Waals surface area contributed by atoms with Gasteiger partial charge in [-0.25, -0.2) is 0 Å². The second-order valence-corrected chi connectivity index (χ2v) is 4.66. The number of halogens is 1. The highest BCUT2D eigenvalue weighted by Gasteiger charge is 2.14. The van der Waals surface area contributed by atoms with Crippen LogP contribution in [0.15, 0.2) is 42.6 Å². The number of nitrogens with one attached hydrogen (secondary N) is 1. The van der Waals surface area contributed by atoms with Crippen molar-refractivity contribution in [2.24, 2.45) is 0 Å². The van der Waals surface area contributed by atoms with E-state index in [1.165, 1.54) is 18.2 Å². The summed E-state index contributed by atoms with van der Waals surface area (Å²) < 4.78 is 0. The number of carbonyl (C=O) groups is 1. The largest absolute Gasteiger partial charge is 0.352 e. The Hall–Kier alpha value is -2.47. The molecule has 0 saturated carbocycles. The van der Waals surface area contributed by atoms with Crippen LogP contribution >= 0.6 is 11.6 Å². The fourth-order valence-electron chi connectivity index (χ4n) is 1.75. The zero-order valence-corrected chi connectivity index (χ0v) is 11.7. The molecule has 0 fully saturated rings. The molecule has 0 atom stereocenters. The van der Waals surface area contributed by atoms with Crippen LogP contribution in [0.4, 0.5) is 5.69 Å². The van der Waals surface area contributed by atoms with E-state index in [0.29, 0.717) is 13.0 Å². The van der Waals surface area contributed by atoms with Gasteiger partial charge in [-0.3, -0.25) is 19.9 Å². The summed E-state index contributed by atoms with van der Waals surface area (Å²) in [5.74, 6) is -0.331. The van der Waals surface area contributed by atoms with E-state index < -0.39 is 4.92 Å². The molecule has 108 valence electrons. The molecule has 0 aliphatic rings. The van der Waals surface area contributed by atoms with Crippen molar-refractivity contribution >= 4 is 23.2 Å². The molecule has 2 aromatic rings. The number of nitrogens with zero attached hydrogens (tertiary/aromatic N) is 2. The van der Waals surface area contributed by atoms with Crippen molar-refractivity contribution < 1.29 is 9.72 Å². The van der Waals surface area contributed by atoms with Crippen LogP contribution in [0.2, 0.25) is 5.02 Å². The first-order chi connectivity index (χ1) is 10.1. The number of hydrogen-bond acceptors (Lipinski definition) is 4. The highest BCUT2D eigenvalue weighted by molar-refractivity contribution is 6.33. The first-order valence-electron chi connectivity index (χ1n) is 6.20. The molecular formula is C14H12ClN3O3. The maximum atomic E-state index is 11.9. The molecule has 7 heteroatoms. The highest BCUT2D eigenvalue weighted by atomic mass is 35.5. The molecule has 0 radical (unpaired) electrons. The van der Waals surface area contributed by atoms with Gasteiger partial charge in [-0.2, -0.15) is 0 Å². The average molecular weight is 306 g/mol. The molecule has 1 aromatic heterocycles. The smallest absolute Gasteiger partial charge is 0.287 e. The summed E-state index contributed by atoms with van der Waals surface area (Å²) >= 11 is 5.77. The van der Waals surface area contributed by atoms with E-state index in [-0.39, 0.29) is 22.2 Å². The van der Waals surface area contributed by atoms with Gasteiger partial charge in [0, 0.05) is 36.5 Å². The van der Waals surface area contributed by atoms with Crippen LogP contribution in [0.3, 0.4) is 0 Å². The van der Waals surface area contributed by atoms with Gasteiger partial charge in [0.05, 0.1) is 4.92 Å². The minimum Gasteiger partial charge on any atom is -0.352 e. The molecule has 0 spiro atoms. The van der Waals surface area contributed by atoms with E-state index in [0.717, 1.165) is 5.69 Å². The van der Waals surface area contributed by atoms with Gasteiger partial charge in [0.1, 0.15) is 5.02 Å². The Labute approximate surface area is 125 Å². The molecule has 1 heterocycles. The molecule has 0 saturated heterocycles. The van der Waals surface area contributed by atoms with Crippen LogP contribution in [-0.2, 0) is 6.42 Å². The average Bonchev–Trinajstić information content (AvgIpc) is 2.47. The normalized spacial score (nSPS) is 10.1. The standard InChI is InChI=1S/C14H12ClN3O3/c15-12-9-10(4-5-13(12)18(20)21)14(19)17-8-6-11-3-1-2-7-16-11/h1-5,7,9H,6,8H2,(H,17,19). The van der Waals surface area contributed by atoms with Crippen LogP contribution in [0.25, 0.3) is 0 Å². The monoisotopic (exact) mass is 305 g/mol. The SMILES string of the molecule is O=C(NCCc1ccccn1)c1ccc([N+](=O)[O-])c(Cl)c1. The zero-order chi connectivity index (χ0) is 15.2. The third-order valence-corrected chi connectivity index (χ3v) is 3.10. The third-order valence-electron chi connectivity index (χ3n) is 2.80. The number of aromatic nitrogens is 1. The van der Waals surface area contributed by atoms with E-state index >= 15 is 0 Å². The Morgan fingerprint density at radius 3 is 2.76 bits per heavy atom. The van der Waals surface area contributed by atoms with E-state index in [1.807, 2.05) is 18.2 Å². The van der Waals surface area contributed by atoms with Crippen LogP contribution in [-0.4, -0.2) is 22.4 Å². The van der Waals surface area contributed by atoms with E-state index in [2.05, 4.69) is 10.3 Å². The molecule has 6 nitrogen and oxygen atoms in total. The molecule has 0 aliphatic carbocycles. The summed E-state index contributed by atoms with van der Waals surface area (Å²) in [6.45, 7) is 0.421. The topological polar surface area (TPSA) is 85.1 Å². The van der Waals surface area contributed by atoms with Crippen LogP contribution in [0.5, 0.6) is 0 Å². The summed E-state index contributed by atoms with van der Waals surface area (Å²) in [5, 5.41) is 13.3. The van der Waals surface area contributed by atoms with Crippen molar-refractivity contribution in [1.82, 2.24) is 10.3 Å². The molecule has 0 unspecified atom stereocenters. The second-order valence-electron chi connectivity index (χ2n) is 4.25. The lowest BCUT2D eigenvalue weighted by Crippen LogP contribution is -2.25. The predicted octanol–water partition coefficient (Wildman–Crippen LogP) is 2.62. The number of rotatable bonds is 5. The predicted molar refractivity (Wildman–Crippen MR) is 78.4 cm³/mol. The number of nitro groups is 1. The van der Waals surface area contributed by atoms with Gasteiger partial charge in [-0.15, -0.1) is 0 Å². The Kier molecular flexibility index (Phi) is 4.84. The Morgan fingerprint density at radius 1 is 1.33 bits per heavy atom. The Morgan fingerprint density at radius 2 is 2.14 bits per heavy atom. The van der Waals surface area contributed by atoms with E-state index in [4.69, 9.17) is 11.6 Å². The minimum absolute atomic E-state index is 0.0580. The lowest BCUT2D eigenvalue weighted by molar-refractivity contribution is -0.384. The van der Waals surface area contributed by atoms with Crippen molar-refractivity contribution in [3.63, 3.8) is 0 Å². The summed E-state index contributed by atoms with van der Waals surface area (Å²) in [6.07, 6.45) is 2.29. The van der Waals surface area contributed by atoms with Crippen molar-refractivity contribution in [1.29, 1.82) is 0 Å². The summed E-state index contributed by atoms with van der Waals surface area (Å²) in [5.41, 5.74) is 0.938. The number of carbonyl (C=O) groups excluding carboxylic acids is 1. The molecular weight excluding hydrogens is 294 g/mol. The van der Waals surface area contributed by atoms with Gasteiger partial charge >= 0.3 is 0 Å². The summed E-state index contributed by atoms with van der Waals surface area (Å²) in [4.78, 5) is 26.1. The van der Waals surface area contributed by atoms with Gasteiger partial charge in [-0.05, 0) is 24.3 Å². The second kappa shape index (κ2) is 6.81. The lowest BCUT2D eigenvalue weighted by Gasteiger charge is -2.05. The first kappa shape index (κ1) is 14.9. The van der Waals surface area contributed by atoms with E-state index in [9.17, 15) is 14.9 Å². The van der Waals surface area contributed by atoms with Gasteiger partial charge in [-0.1, -0.05) is 17.7 Å². The lowest BCUT2D eigenvalue weighted by atomic mass is 10.2. The summed E-state index contributed by atoms with van der Waals surface area (Å²) in [6, 6.07) is 9.45. The Balaban J connectivity index is 1.94. The molecule has 1 amide bonds. The molecule has 2 rings (SSSR count). The maximum Gasteiger partial charge on any atom is 0.287 e. The summed E-state index contributed by atoms with van der Waals surface area (Å²) in [7, 11) is 0. The molecule has 1 aromatic carbocycles. The maximum absolute atomic E-state index is 11.9. The van der Waals surface area contributed by atoms with Crippen molar-refractivity contribution in [2.45, 2.75) is 6.42 Å². The fraction of sp³-hybridized carbons (Fsp3) is 0.143. The van der Waals surface area contributed by atoms with Crippen molar-refractivity contribution in [3.05, 3.63) is 69.0 Å². The van der Waals surface area contributed by atoms with Crippen LogP contribution in [0, 0.1) is 10.1 Å². The number of amides is 1. The molecule has 1 N–H and O–H groups in total. The molecule has 0 aliphatic heterocycles. The number of pyridine rings is 1. The van der Waals surface area contributed by atoms with Crippen molar-refractivity contribution in [3.8, 4) is 0 Å². The van der Waals surface area contributed by atoms with E-state index in [1.54, 1.807) is 6.20 Å². The zero-order valence-electron chi connectivity index (χ0n) is 11.0. The van der Waals surface area contributed by atoms with Crippen LogP contribution in [0.1, 0.15) is 16.1 Å². The first-order valence-corrected chi connectivity index (χ1v) is 6.58. The van der Waals surface area contributed by atoms with Gasteiger partial charge in [0.15, 0.2) is 0 Å². The number of nitro benzene ring substituents is 1. The number of benzene rings is 1. The molecule has 0 bridgehead atoms. The molecule has 21 heavy (non-hydrogen) atoms. The van der Waals surface area contributed by atoms with Gasteiger partial charge in [0.2, 0.25) is 0 Å². The minimum atomic E-state index is -0.592. The van der Waals surface area contributed by atoms with Crippen LogP contribution < -0.4 is 5.32 Å². The third kappa shape index (κ3) is 4.00. The van der Waals surface area contributed by atoms with Crippen molar-refractivity contribution in [2.75, 3.05) is 6.54 Å².